The predicted molar refractivity (Wildman–Crippen MR) is 99.5 cm³/mol. The fourth-order valence-corrected chi connectivity index (χ4v) is 3.06. The molecular formula is C17H27N5OS. The summed E-state index contributed by atoms with van der Waals surface area (Å²) in [6, 6.07) is 1.94. The van der Waals surface area contributed by atoms with Crippen LogP contribution in [0.5, 0.6) is 0 Å². The fourth-order valence-electron chi connectivity index (χ4n) is 2.27. The maximum absolute atomic E-state index is 10.5. The number of nitrogens with zero attached hydrogens (tertiary/aromatic N) is 3. The summed E-state index contributed by atoms with van der Waals surface area (Å²) >= 11 is 1.58. The Morgan fingerprint density at radius 1 is 1.46 bits per heavy atom. The minimum atomic E-state index is -0.949. The van der Waals surface area contributed by atoms with E-state index in [4.69, 9.17) is 0 Å². The number of hydrogen-bond donors (Lipinski definition) is 3. The number of aliphatic imine (C=N–C) groups is 1. The van der Waals surface area contributed by atoms with Crippen LogP contribution in [0.2, 0.25) is 0 Å². The lowest BCUT2D eigenvalue weighted by atomic mass is 10.00. The number of guanidine groups is 1. The van der Waals surface area contributed by atoms with E-state index in [0.717, 1.165) is 37.6 Å². The zero-order valence-electron chi connectivity index (χ0n) is 14.6. The van der Waals surface area contributed by atoms with Crippen molar-refractivity contribution in [3.63, 3.8) is 0 Å². The number of nitrogens with one attached hydrogen (secondary N) is 2. The maximum atomic E-state index is 10.5. The number of thiophene rings is 1. The van der Waals surface area contributed by atoms with Crippen molar-refractivity contribution < 1.29 is 5.11 Å². The molecule has 7 heteroatoms. The van der Waals surface area contributed by atoms with E-state index in [1.807, 2.05) is 47.7 Å². The second-order valence-electron chi connectivity index (χ2n) is 6.04. The van der Waals surface area contributed by atoms with Crippen LogP contribution in [-0.4, -0.2) is 40.5 Å². The molecule has 1 unspecified atom stereocenters. The summed E-state index contributed by atoms with van der Waals surface area (Å²) in [6.45, 7) is 8.63. The van der Waals surface area contributed by atoms with E-state index in [1.54, 1.807) is 18.3 Å². The van der Waals surface area contributed by atoms with Crippen LogP contribution < -0.4 is 10.6 Å². The Labute approximate surface area is 147 Å². The molecule has 6 nitrogen and oxygen atoms in total. The van der Waals surface area contributed by atoms with Gasteiger partial charge in [-0.05, 0) is 55.1 Å². The van der Waals surface area contributed by atoms with E-state index >= 15 is 0 Å². The molecule has 0 radical (unpaired) electrons. The Morgan fingerprint density at radius 3 is 2.92 bits per heavy atom. The van der Waals surface area contributed by atoms with Crippen molar-refractivity contribution in [3.05, 3.63) is 40.3 Å². The molecule has 0 aliphatic heterocycles. The van der Waals surface area contributed by atoms with Crippen molar-refractivity contribution in [1.82, 2.24) is 20.4 Å². The zero-order chi connectivity index (χ0) is 17.4. The highest BCUT2D eigenvalue weighted by Crippen LogP contribution is 2.23. The summed E-state index contributed by atoms with van der Waals surface area (Å²) in [6.07, 6.45) is 4.86. The minimum absolute atomic E-state index is 0.317. The van der Waals surface area contributed by atoms with Gasteiger partial charge in [0.05, 0.1) is 12.7 Å². The Morgan fingerprint density at radius 2 is 2.29 bits per heavy atom. The molecule has 24 heavy (non-hydrogen) atoms. The van der Waals surface area contributed by atoms with Crippen molar-refractivity contribution in [2.45, 2.75) is 39.3 Å². The molecule has 0 aromatic carbocycles. The third-order valence-corrected chi connectivity index (χ3v) is 4.33. The first-order valence-corrected chi connectivity index (χ1v) is 9.22. The Hall–Kier alpha value is -1.86. The van der Waals surface area contributed by atoms with Crippen LogP contribution in [0.3, 0.4) is 0 Å². The highest BCUT2D eigenvalue weighted by molar-refractivity contribution is 7.08. The highest BCUT2D eigenvalue weighted by Gasteiger charge is 2.23. The quantitative estimate of drug-likeness (QED) is 0.388. The molecule has 2 heterocycles. The normalized spacial score (nSPS) is 14.4. The third-order valence-electron chi connectivity index (χ3n) is 3.65. The number of hydrogen-bond acceptors (Lipinski definition) is 4. The molecule has 0 saturated carbocycles. The fraction of sp³-hybridized carbons (Fsp3) is 0.529. The summed E-state index contributed by atoms with van der Waals surface area (Å²) in [5.74, 6) is 0.727. The maximum Gasteiger partial charge on any atom is 0.191 e. The van der Waals surface area contributed by atoms with Gasteiger partial charge in [-0.2, -0.15) is 16.4 Å². The van der Waals surface area contributed by atoms with E-state index in [1.165, 1.54) is 5.56 Å². The first-order chi connectivity index (χ1) is 11.5. The van der Waals surface area contributed by atoms with Gasteiger partial charge in [0.15, 0.2) is 5.96 Å². The van der Waals surface area contributed by atoms with Gasteiger partial charge < -0.3 is 15.7 Å². The Bertz CT molecular complexity index is 633. The summed E-state index contributed by atoms with van der Waals surface area (Å²) < 4.78 is 1.95. The van der Waals surface area contributed by atoms with Crippen LogP contribution >= 0.6 is 11.3 Å². The van der Waals surface area contributed by atoms with Gasteiger partial charge >= 0.3 is 0 Å². The molecule has 0 aliphatic rings. The second kappa shape index (κ2) is 8.84. The Balaban J connectivity index is 1.82. The lowest BCUT2D eigenvalue weighted by Crippen LogP contribution is -2.39. The number of rotatable bonds is 8. The summed E-state index contributed by atoms with van der Waals surface area (Å²) in [4.78, 5) is 4.52. The molecule has 0 saturated heterocycles. The molecule has 2 aromatic rings. The summed E-state index contributed by atoms with van der Waals surface area (Å²) in [7, 11) is 0. The van der Waals surface area contributed by atoms with Gasteiger partial charge in [-0.25, -0.2) is 4.99 Å². The SMILES string of the molecule is CCNC(=NCC(C)(O)c1ccsc1)NCCCn1cc(C)cn1. The Kier molecular flexibility index (Phi) is 6.81. The average Bonchev–Trinajstić information content (AvgIpc) is 3.21. The van der Waals surface area contributed by atoms with Gasteiger partial charge in [0.2, 0.25) is 0 Å². The minimum Gasteiger partial charge on any atom is -0.383 e. The first-order valence-electron chi connectivity index (χ1n) is 8.27. The van der Waals surface area contributed by atoms with Gasteiger partial charge in [-0.1, -0.05) is 0 Å². The van der Waals surface area contributed by atoms with E-state index < -0.39 is 5.60 Å². The molecule has 2 rings (SSSR count). The first kappa shape index (κ1) is 18.5. The summed E-state index contributed by atoms with van der Waals surface area (Å²) in [5.41, 5.74) is 1.13. The van der Waals surface area contributed by atoms with Gasteiger partial charge in [0.1, 0.15) is 5.60 Å². The van der Waals surface area contributed by atoms with Gasteiger partial charge in [-0.15, -0.1) is 0 Å². The third kappa shape index (κ3) is 5.65. The molecule has 0 spiro atoms. The molecule has 0 aliphatic carbocycles. The van der Waals surface area contributed by atoms with Crippen molar-refractivity contribution >= 4 is 17.3 Å². The largest absolute Gasteiger partial charge is 0.383 e. The highest BCUT2D eigenvalue weighted by atomic mass is 32.1. The molecule has 1 atom stereocenters. The number of aliphatic hydroxyl groups is 1. The van der Waals surface area contributed by atoms with Crippen molar-refractivity contribution in [3.8, 4) is 0 Å². The van der Waals surface area contributed by atoms with Crippen molar-refractivity contribution in [1.29, 1.82) is 0 Å². The standard InChI is InChI=1S/C17H27N5OS/c1-4-18-16(19-7-5-8-22-11-14(2)10-21-22)20-13-17(3,23)15-6-9-24-12-15/h6,9-12,23H,4-5,7-8,13H2,1-3H3,(H2,18,19,20). The average molecular weight is 350 g/mol. The van der Waals surface area contributed by atoms with Crippen LogP contribution in [0.1, 0.15) is 31.4 Å². The molecular weight excluding hydrogens is 322 g/mol. The van der Waals surface area contributed by atoms with Gasteiger partial charge in [0.25, 0.3) is 0 Å². The van der Waals surface area contributed by atoms with Gasteiger partial charge in [-0.3, -0.25) is 4.68 Å². The van der Waals surface area contributed by atoms with Crippen LogP contribution in [0.25, 0.3) is 0 Å². The molecule has 0 fully saturated rings. The van der Waals surface area contributed by atoms with Crippen LogP contribution in [0.15, 0.2) is 34.2 Å². The molecule has 0 bridgehead atoms. The van der Waals surface area contributed by atoms with Crippen molar-refractivity contribution in [2.75, 3.05) is 19.6 Å². The second-order valence-corrected chi connectivity index (χ2v) is 6.82. The van der Waals surface area contributed by atoms with E-state index in [9.17, 15) is 5.11 Å². The van der Waals surface area contributed by atoms with Crippen molar-refractivity contribution in [2.24, 2.45) is 4.99 Å². The van der Waals surface area contributed by atoms with E-state index in [0.29, 0.717) is 6.54 Å². The molecule has 132 valence electrons. The monoisotopic (exact) mass is 349 g/mol. The summed E-state index contributed by atoms with van der Waals surface area (Å²) in [5, 5.41) is 25.3. The molecule has 3 N–H and O–H groups in total. The van der Waals surface area contributed by atoms with E-state index in [-0.39, 0.29) is 0 Å². The predicted octanol–water partition coefficient (Wildman–Crippen LogP) is 2.11. The van der Waals surface area contributed by atoms with Crippen LogP contribution in [0, 0.1) is 6.92 Å². The van der Waals surface area contributed by atoms with Crippen LogP contribution in [0.4, 0.5) is 0 Å². The zero-order valence-corrected chi connectivity index (χ0v) is 15.4. The van der Waals surface area contributed by atoms with E-state index in [2.05, 4.69) is 20.7 Å². The molecule has 0 amide bonds. The molecule has 2 aromatic heterocycles. The number of aromatic nitrogens is 2. The lowest BCUT2D eigenvalue weighted by Gasteiger charge is -2.21. The lowest BCUT2D eigenvalue weighted by molar-refractivity contribution is 0.0677. The number of aryl methyl sites for hydroxylation is 2. The van der Waals surface area contributed by atoms with Gasteiger partial charge in [0, 0.05) is 25.8 Å². The smallest absolute Gasteiger partial charge is 0.191 e. The topological polar surface area (TPSA) is 74.5 Å². The van der Waals surface area contributed by atoms with Crippen LogP contribution in [-0.2, 0) is 12.1 Å².